The van der Waals surface area contributed by atoms with Crippen molar-refractivity contribution >= 4 is 11.9 Å². The molecule has 0 spiro atoms. The van der Waals surface area contributed by atoms with Gasteiger partial charge in [-0.2, -0.15) is 0 Å². The number of rotatable bonds is 5. The fourth-order valence-electron chi connectivity index (χ4n) is 3.05. The minimum absolute atomic E-state index is 0.297. The topological polar surface area (TPSA) is 95.7 Å². The molecule has 1 aromatic rings. The number of piperidine rings is 1. The molecule has 1 saturated heterocycles. The summed E-state index contributed by atoms with van der Waals surface area (Å²) < 4.78 is 0. The van der Waals surface area contributed by atoms with Crippen LogP contribution in [0.4, 0.5) is 4.79 Å². The molecular weight excluding hydrogens is 294 g/mol. The Morgan fingerprint density at radius 3 is 2.48 bits per heavy atom. The first kappa shape index (κ1) is 17.3. The van der Waals surface area contributed by atoms with Gasteiger partial charge in [-0.1, -0.05) is 12.1 Å². The molecule has 1 aliphatic rings. The van der Waals surface area contributed by atoms with Crippen LogP contribution in [0.5, 0.6) is 5.75 Å². The van der Waals surface area contributed by atoms with E-state index in [0.717, 1.165) is 38.8 Å². The van der Waals surface area contributed by atoms with E-state index in [1.54, 1.807) is 19.1 Å². The van der Waals surface area contributed by atoms with Crippen molar-refractivity contribution in [2.75, 3.05) is 13.1 Å². The SMILES string of the molecule is C[C@H](C(=O)NC(N)=O)N1CCC(CCc2ccc(O)cc2)CC1. The Morgan fingerprint density at radius 1 is 1.30 bits per heavy atom. The summed E-state index contributed by atoms with van der Waals surface area (Å²) in [6.45, 7) is 3.51. The largest absolute Gasteiger partial charge is 0.508 e. The van der Waals surface area contributed by atoms with Crippen LogP contribution in [0.15, 0.2) is 24.3 Å². The number of primary amides is 1. The third-order valence-electron chi connectivity index (χ3n) is 4.60. The van der Waals surface area contributed by atoms with Crippen LogP contribution in [-0.4, -0.2) is 41.1 Å². The van der Waals surface area contributed by atoms with Crippen molar-refractivity contribution in [2.45, 2.75) is 38.6 Å². The molecule has 0 bridgehead atoms. The quantitative estimate of drug-likeness (QED) is 0.768. The standard InChI is InChI=1S/C17H25N3O3/c1-12(16(22)19-17(18)23)20-10-8-14(9-11-20)3-2-13-4-6-15(21)7-5-13/h4-7,12,14,21H,2-3,8-11H2,1H3,(H3,18,19,22,23)/t12-/m1/s1. The maximum atomic E-state index is 11.8. The smallest absolute Gasteiger partial charge is 0.318 e. The normalized spacial score (nSPS) is 17.6. The van der Waals surface area contributed by atoms with Crippen LogP contribution in [0, 0.1) is 5.92 Å². The van der Waals surface area contributed by atoms with Gasteiger partial charge in [0.2, 0.25) is 5.91 Å². The molecule has 1 fully saturated rings. The maximum absolute atomic E-state index is 11.8. The Bertz CT molecular complexity index is 537. The van der Waals surface area contributed by atoms with E-state index < -0.39 is 6.03 Å². The van der Waals surface area contributed by atoms with Crippen LogP contribution < -0.4 is 11.1 Å². The number of hydrogen-bond acceptors (Lipinski definition) is 4. The van der Waals surface area contributed by atoms with Gasteiger partial charge in [-0.15, -0.1) is 0 Å². The third kappa shape index (κ3) is 5.25. The van der Waals surface area contributed by atoms with Crippen molar-refractivity contribution in [1.29, 1.82) is 0 Å². The predicted octanol–water partition coefficient (Wildman–Crippen LogP) is 1.62. The fraction of sp³-hybridized carbons (Fsp3) is 0.529. The van der Waals surface area contributed by atoms with Crippen molar-refractivity contribution in [3.63, 3.8) is 0 Å². The molecule has 2 rings (SSSR count). The number of hydrogen-bond donors (Lipinski definition) is 3. The number of carbonyl (C=O) groups excluding carboxylic acids is 2. The molecule has 4 N–H and O–H groups in total. The van der Waals surface area contributed by atoms with Gasteiger partial charge in [0.25, 0.3) is 0 Å². The summed E-state index contributed by atoms with van der Waals surface area (Å²) in [4.78, 5) is 24.6. The average Bonchev–Trinajstić information content (AvgIpc) is 2.53. The molecule has 6 heteroatoms. The number of amides is 3. The summed E-state index contributed by atoms with van der Waals surface area (Å²) in [7, 11) is 0. The molecule has 0 saturated carbocycles. The first-order chi connectivity index (χ1) is 11.0. The van der Waals surface area contributed by atoms with E-state index in [0.29, 0.717) is 11.7 Å². The number of likely N-dealkylation sites (tertiary alicyclic amines) is 1. The number of nitrogens with zero attached hydrogens (tertiary/aromatic N) is 1. The molecule has 6 nitrogen and oxygen atoms in total. The molecule has 1 aliphatic heterocycles. The van der Waals surface area contributed by atoms with Gasteiger partial charge in [-0.25, -0.2) is 4.79 Å². The maximum Gasteiger partial charge on any atom is 0.318 e. The van der Waals surface area contributed by atoms with Gasteiger partial charge in [0.05, 0.1) is 6.04 Å². The number of aromatic hydroxyl groups is 1. The highest BCUT2D eigenvalue weighted by atomic mass is 16.3. The summed E-state index contributed by atoms with van der Waals surface area (Å²) in [6.07, 6.45) is 4.21. The second-order valence-electron chi connectivity index (χ2n) is 6.21. The van der Waals surface area contributed by atoms with Crippen molar-refractivity contribution in [3.05, 3.63) is 29.8 Å². The Balaban J connectivity index is 1.74. The molecule has 0 radical (unpaired) electrons. The molecule has 0 aromatic heterocycles. The lowest BCUT2D eigenvalue weighted by molar-refractivity contribution is -0.125. The molecule has 126 valence electrons. The Morgan fingerprint density at radius 2 is 1.91 bits per heavy atom. The van der Waals surface area contributed by atoms with Gasteiger partial charge >= 0.3 is 6.03 Å². The van der Waals surface area contributed by atoms with Crippen LogP contribution >= 0.6 is 0 Å². The number of imide groups is 1. The second kappa shape index (κ2) is 7.97. The minimum atomic E-state index is -0.800. The van der Waals surface area contributed by atoms with Crippen LogP contribution in [-0.2, 0) is 11.2 Å². The molecule has 3 amide bonds. The number of benzene rings is 1. The number of aryl methyl sites for hydroxylation is 1. The molecule has 0 unspecified atom stereocenters. The predicted molar refractivity (Wildman–Crippen MR) is 87.9 cm³/mol. The van der Waals surface area contributed by atoms with E-state index >= 15 is 0 Å². The lowest BCUT2D eigenvalue weighted by Gasteiger charge is -2.35. The van der Waals surface area contributed by atoms with Gasteiger partial charge in [-0.3, -0.25) is 15.0 Å². The number of carbonyl (C=O) groups is 2. The molecule has 0 aliphatic carbocycles. The summed E-state index contributed by atoms with van der Waals surface area (Å²) in [5, 5.41) is 11.4. The molecule has 1 aromatic carbocycles. The Kier molecular flexibility index (Phi) is 5.98. The number of phenolic OH excluding ortho intramolecular Hbond substituents is 1. The van der Waals surface area contributed by atoms with Crippen molar-refractivity contribution in [2.24, 2.45) is 11.7 Å². The van der Waals surface area contributed by atoms with Gasteiger partial charge in [0, 0.05) is 0 Å². The third-order valence-corrected chi connectivity index (χ3v) is 4.60. The zero-order valence-electron chi connectivity index (χ0n) is 13.5. The first-order valence-corrected chi connectivity index (χ1v) is 8.08. The molecule has 1 heterocycles. The monoisotopic (exact) mass is 319 g/mol. The Labute approximate surface area is 136 Å². The Hall–Kier alpha value is -2.08. The number of phenols is 1. The summed E-state index contributed by atoms with van der Waals surface area (Å²) >= 11 is 0. The van der Waals surface area contributed by atoms with Crippen LogP contribution in [0.1, 0.15) is 31.7 Å². The lowest BCUT2D eigenvalue weighted by Crippen LogP contribution is -2.50. The summed E-state index contributed by atoms with van der Waals surface area (Å²) in [5.74, 6) is 0.608. The van der Waals surface area contributed by atoms with E-state index in [1.165, 1.54) is 5.56 Å². The van der Waals surface area contributed by atoms with Crippen molar-refractivity contribution in [1.82, 2.24) is 10.2 Å². The van der Waals surface area contributed by atoms with Crippen LogP contribution in [0.3, 0.4) is 0 Å². The summed E-state index contributed by atoms with van der Waals surface area (Å²) in [6, 6.07) is 6.22. The molecule has 23 heavy (non-hydrogen) atoms. The highest BCUT2D eigenvalue weighted by Crippen LogP contribution is 2.24. The molecule has 1 atom stereocenters. The van der Waals surface area contributed by atoms with Gasteiger partial charge < -0.3 is 10.8 Å². The van der Waals surface area contributed by atoms with Gasteiger partial charge in [-0.05, 0) is 69.3 Å². The van der Waals surface area contributed by atoms with Crippen molar-refractivity contribution in [3.8, 4) is 5.75 Å². The van der Waals surface area contributed by atoms with Gasteiger partial charge in [0.1, 0.15) is 5.75 Å². The van der Waals surface area contributed by atoms with E-state index in [2.05, 4.69) is 10.2 Å². The van der Waals surface area contributed by atoms with E-state index in [-0.39, 0.29) is 11.9 Å². The zero-order valence-corrected chi connectivity index (χ0v) is 13.5. The first-order valence-electron chi connectivity index (χ1n) is 8.08. The highest BCUT2D eigenvalue weighted by molar-refractivity contribution is 5.96. The zero-order chi connectivity index (χ0) is 16.8. The van der Waals surface area contributed by atoms with E-state index in [4.69, 9.17) is 5.73 Å². The summed E-state index contributed by atoms with van der Waals surface area (Å²) in [5.41, 5.74) is 6.22. The fourth-order valence-corrected chi connectivity index (χ4v) is 3.05. The number of urea groups is 1. The minimum Gasteiger partial charge on any atom is -0.508 e. The van der Waals surface area contributed by atoms with Crippen LogP contribution in [0.25, 0.3) is 0 Å². The second-order valence-corrected chi connectivity index (χ2v) is 6.21. The lowest BCUT2D eigenvalue weighted by atomic mass is 9.90. The average molecular weight is 319 g/mol. The highest BCUT2D eigenvalue weighted by Gasteiger charge is 2.26. The van der Waals surface area contributed by atoms with Crippen molar-refractivity contribution < 1.29 is 14.7 Å². The number of nitrogens with two attached hydrogens (primary N) is 1. The van der Waals surface area contributed by atoms with Gasteiger partial charge in [0.15, 0.2) is 0 Å². The van der Waals surface area contributed by atoms with E-state index in [9.17, 15) is 14.7 Å². The molecular formula is C17H25N3O3. The van der Waals surface area contributed by atoms with Crippen LogP contribution in [0.2, 0.25) is 0 Å². The van der Waals surface area contributed by atoms with E-state index in [1.807, 2.05) is 12.1 Å². The number of nitrogens with one attached hydrogen (secondary N) is 1.